The summed E-state index contributed by atoms with van der Waals surface area (Å²) < 4.78 is 46.1. The molecule has 0 aliphatic carbocycles. The molecule has 0 spiro atoms. The molecule has 9 heteroatoms. The molecule has 2 aliphatic heterocycles. The minimum atomic E-state index is -4.75. The third-order valence-corrected chi connectivity index (χ3v) is 4.99. The average Bonchev–Trinajstić information content (AvgIpc) is 2.72. The van der Waals surface area contributed by atoms with Crippen molar-refractivity contribution in [2.24, 2.45) is 0 Å². The molecule has 3 heterocycles. The first-order valence-corrected chi connectivity index (χ1v) is 9.06. The van der Waals surface area contributed by atoms with Crippen LogP contribution >= 0.6 is 0 Å². The van der Waals surface area contributed by atoms with Gasteiger partial charge in [0.2, 0.25) is 5.95 Å². The van der Waals surface area contributed by atoms with E-state index in [0.717, 1.165) is 11.8 Å². The molecule has 1 aromatic carbocycles. The van der Waals surface area contributed by atoms with Crippen molar-refractivity contribution in [2.45, 2.75) is 19.1 Å². The number of anilines is 1. The molecule has 0 unspecified atom stereocenters. The van der Waals surface area contributed by atoms with E-state index in [9.17, 15) is 18.0 Å². The summed E-state index contributed by atoms with van der Waals surface area (Å²) in [7, 11) is 0. The van der Waals surface area contributed by atoms with Crippen LogP contribution in [0.4, 0.5) is 19.1 Å². The number of amides is 1. The van der Waals surface area contributed by atoms with E-state index in [2.05, 4.69) is 9.97 Å². The molecule has 1 aromatic heterocycles. The van der Waals surface area contributed by atoms with Gasteiger partial charge in [0.05, 0.1) is 18.8 Å². The molecule has 0 radical (unpaired) electrons. The number of morpholine rings is 1. The lowest BCUT2D eigenvalue weighted by atomic mass is 10.0. The van der Waals surface area contributed by atoms with Crippen LogP contribution in [0.15, 0.2) is 30.5 Å². The van der Waals surface area contributed by atoms with E-state index >= 15 is 0 Å². The normalized spacial score (nSPS) is 17.4. The van der Waals surface area contributed by atoms with Gasteiger partial charge in [-0.25, -0.2) is 9.97 Å². The highest BCUT2D eigenvalue weighted by Gasteiger charge is 2.39. The van der Waals surface area contributed by atoms with E-state index in [4.69, 9.17) is 4.74 Å². The lowest BCUT2D eigenvalue weighted by Gasteiger charge is -2.30. The zero-order chi connectivity index (χ0) is 19.7. The van der Waals surface area contributed by atoms with Crippen molar-refractivity contribution in [1.29, 1.82) is 0 Å². The van der Waals surface area contributed by atoms with Gasteiger partial charge < -0.3 is 14.5 Å². The number of rotatable bonds is 2. The number of carbonyl (C=O) groups is 1. The first-order valence-electron chi connectivity index (χ1n) is 9.06. The molecule has 148 valence electrons. The second kappa shape index (κ2) is 7.38. The number of carbonyl (C=O) groups excluding carboxylic acids is 1. The summed E-state index contributed by atoms with van der Waals surface area (Å²) in [4.78, 5) is 23.5. The minimum Gasteiger partial charge on any atom is -0.378 e. The first kappa shape index (κ1) is 18.7. The van der Waals surface area contributed by atoms with Crippen molar-refractivity contribution in [3.8, 4) is 0 Å². The van der Waals surface area contributed by atoms with Gasteiger partial charge in [0.15, 0.2) is 5.69 Å². The van der Waals surface area contributed by atoms with Gasteiger partial charge in [-0.3, -0.25) is 4.79 Å². The van der Waals surface area contributed by atoms with Gasteiger partial charge in [-0.2, -0.15) is 13.2 Å². The van der Waals surface area contributed by atoms with Gasteiger partial charge in [-0.15, -0.1) is 0 Å². The fourth-order valence-corrected chi connectivity index (χ4v) is 3.50. The monoisotopic (exact) mass is 392 g/mol. The molecule has 0 bridgehead atoms. The second-order valence-corrected chi connectivity index (χ2v) is 6.77. The van der Waals surface area contributed by atoms with E-state index < -0.39 is 23.3 Å². The van der Waals surface area contributed by atoms with E-state index in [1.165, 1.54) is 10.5 Å². The van der Waals surface area contributed by atoms with Crippen LogP contribution in [0.2, 0.25) is 0 Å². The summed E-state index contributed by atoms with van der Waals surface area (Å²) >= 11 is 0. The van der Waals surface area contributed by atoms with Crippen LogP contribution in [0, 0.1) is 0 Å². The number of halogens is 3. The summed E-state index contributed by atoms with van der Waals surface area (Å²) in [6.45, 7) is 2.06. The summed E-state index contributed by atoms with van der Waals surface area (Å²) in [5.74, 6) is -0.730. The zero-order valence-electron chi connectivity index (χ0n) is 15.1. The van der Waals surface area contributed by atoms with Gasteiger partial charge in [-0.1, -0.05) is 24.3 Å². The number of alkyl halides is 3. The highest BCUT2D eigenvalue weighted by Crippen LogP contribution is 2.33. The molecule has 2 aromatic rings. The van der Waals surface area contributed by atoms with E-state index in [1.807, 2.05) is 24.3 Å². The van der Waals surface area contributed by atoms with Crippen LogP contribution in [-0.4, -0.2) is 53.6 Å². The Morgan fingerprint density at radius 2 is 1.79 bits per heavy atom. The Bertz CT molecular complexity index is 882. The molecule has 1 fully saturated rings. The van der Waals surface area contributed by atoms with Crippen LogP contribution in [0.3, 0.4) is 0 Å². The highest BCUT2D eigenvalue weighted by molar-refractivity contribution is 5.95. The van der Waals surface area contributed by atoms with Crippen LogP contribution in [0.5, 0.6) is 0 Å². The van der Waals surface area contributed by atoms with Gasteiger partial charge >= 0.3 is 6.18 Å². The lowest BCUT2D eigenvalue weighted by molar-refractivity contribution is -0.141. The maximum Gasteiger partial charge on any atom is 0.434 e. The lowest BCUT2D eigenvalue weighted by Crippen LogP contribution is -2.41. The molecule has 0 saturated carbocycles. The van der Waals surface area contributed by atoms with Crippen molar-refractivity contribution in [1.82, 2.24) is 14.9 Å². The molecule has 4 rings (SSSR count). The summed E-state index contributed by atoms with van der Waals surface area (Å²) in [5.41, 5.74) is 0.511. The number of ether oxygens (including phenoxy) is 1. The molecular formula is C19H19F3N4O2. The van der Waals surface area contributed by atoms with E-state index in [0.29, 0.717) is 32.7 Å². The average molecular weight is 392 g/mol. The summed E-state index contributed by atoms with van der Waals surface area (Å²) in [6.07, 6.45) is -3.04. The first-order chi connectivity index (χ1) is 13.4. The third-order valence-electron chi connectivity index (χ3n) is 4.99. The molecule has 0 atom stereocenters. The number of hydrogen-bond acceptors (Lipinski definition) is 5. The Hall–Kier alpha value is -2.68. The predicted octanol–water partition coefficient (Wildman–Crippen LogP) is 2.53. The van der Waals surface area contributed by atoms with Crippen LogP contribution < -0.4 is 4.90 Å². The zero-order valence-corrected chi connectivity index (χ0v) is 15.1. The smallest absolute Gasteiger partial charge is 0.378 e. The molecule has 2 aliphatic rings. The van der Waals surface area contributed by atoms with Crippen LogP contribution in [0.1, 0.15) is 27.2 Å². The fourth-order valence-electron chi connectivity index (χ4n) is 3.50. The van der Waals surface area contributed by atoms with Crippen molar-refractivity contribution in [3.05, 3.63) is 52.8 Å². The van der Waals surface area contributed by atoms with Gasteiger partial charge in [0.1, 0.15) is 0 Å². The van der Waals surface area contributed by atoms with Crippen molar-refractivity contribution >= 4 is 11.9 Å². The predicted molar refractivity (Wildman–Crippen MR) is 95.0 cm³/mol. The molecule has 1 amide bonds. The Balaban J connectivity index is 1.65. The Kier molecular flexibility index (Phi) is 4.92. The Morgan fingerprint density at radius 3 is 2.50 bits per heavy atom. The molecule has 6 nitrogen and oxygen atoms in total. The second-order valence-electron chi connectivity index (χ2n) is 6.77. The number of aromatic nitrogens is 2. The largest absolute Gasteiger partial charge is 0.434 e. The number of fused-ring (bicyclic) bond motifs is 1. The van der Waals surface area contributed by atoms with Gasteiger partial charge in [0, 0.05) is 32.4 Å². The van der Waals surface area contributed by atoms with Crippen molar-refractivity contribution < 1.29 is 22.7 Å². The molecule has 1 saturated heterocycles. The third kappa shape index (κ3) is 3.66. The Morgan fingerprint density at radius 1 is 1.07 bits per heavy atom. The molecular weight excluding hydrogens is 373 g/mol. The maximum absolute atomic E-state index is 13.7. The molecule has 28 heavy (non-hydrogen) atoms. The highest BCUT2D eigenvalue weighted by atomic mass is 19.4. The minimum absolute atomic E-state index is 0.0136. The van der Waals surface area contributed by atoms with E-state index in [-0.39, 0.29) is 19.0 Å². The number of benzene rings is 1. The summed E-state index contributed by atoms with van der Waals surface area (Å²) in [5, 5.41) is 0. The van der Waals surface area contributed by atoms with Crippen LogP contribution in [0.25, 0.3) is 0 Å². The van der Waals surface area contributed by atoms with Gasteiger partial charge in [0.25, 0.3) is 5.91 Å². The van der Waals surface area contributed by atoms with Crippen molar-refractivity contribution in [3.63, 3.8) is 0 Å². The number of nitrogens with zero attached hydrogens (tertiary/aromatic N) is 4. The van der Waals surface area contributed by atoms with Gasteiger partial charge in [-0.05, 0) is 17.5 Å². The number of hydrogen-bond donors (Lipinski definition) is 0. The fraction of sp³-hybridized carbons (Fsp3) is 0.421. The van der Waals surface area contributed by atoms with Crippen LogP contribution in [-0.2, 0) is 23.9 Å². The SMILES string of the molecule is O=C(c1cnc(N2CCc3ccccc3C2)nc1C(F)(F)F)N1CCOCC1. The Labute approximate surface area is 159 Å². The standard InChI is InChI=1S/C19H19F3N4O2/c20-19(21,22)16-15(17(27)25-7-9-28-10-8-25)11-23-18(24-16)26-6-5-13-3-1-2-4-14(13)12-26/h1-4,11H,5-10,12H2. The van der Waals surface area contributed by atoms with Crippen molar-refractivity contribution in [2.75, 3.05) is 37.7 Å². The topological polar surface area (TPSA) is 58.6 Å². The quantitative estimate of drug-likeness (QED) is 0.786. The summed E-state index contributed by atoms with van der Waals surface area (Å²) in [6, 6.07) is 7.80. The molecule has 0 N–H and O–H groups in total. The maximum atomic E-state index is 13.7. The van der Waals surface area contributed by atoms with E-state index in [1.54, 1.807) is 4.90 Å².